The minimum Gasteiger partial charge on any atom is -0.449 e. The highest BCUT2D eigenvalue weighted by Crippen LogP contribution is 2.44. The summed E-state index contributed by atoms with van der Waals surface area (Å²) in [6.07, 6.45) is -0.536. The van der Waals surface area contributed by atoms with Gasteiger partial charge in [-0.2, -0.15) is 0 Å². The Morgan fingerprint density at radius 2 is 1.57 bits per heavy atom. The first kappa shape index (κ1) is 20.2. The smallest absolute Gasteiger partial charge is 0.407 e. The molecule has 0 fully saturated rings. The lowest BCUT2D eigenvalue weighted by Gasteiger charge is -2.29. The maximum atomic E-state index is 12.7. The van der Waals surface area contributed by atoms with Crippen LogP contribution in [-0.2, 0) is 10.3 Å². The van der Waals surface area contributed by atoms with Crippen LogP contribution < -0.4 is 5.32 Å². The second kappa shape index (κ2) is 7.96. The van der Waals surface area contributed by atoms with E-state index in [0.29, 0.717) is 0 Å². The number of alkyl carbamates (subject to hydrolysis) is 1. The molecule has 4 rings (SSSR count). The van der Waals surface area contributed by atoms with Crippen LogP contribution in [0.5, 0.6) is 0 Å². The van der Waals surface area contributed by atoms with Crippen molar-refractivity contribution in [3.05, 3.63) is 94.5 Å². The van der Waals surface area contributed by atoms with Gasteiger partial charge in [0.05, 0.1) is 12.1 Å². The molecule has 1 aliphatic carbocycles. The number of amides is 1. The predicted octanol–water partition coefficient (Wildman–Crippen LogP) is 5.05. The lowest BCUT2D eigenvalue weighted by atomic mass is 9.90. The van der Waals surface area contributed by atoms with E-state index in [1.807, 2.05) is 56.3 Å². The molecule has 4 heteroatoms. The predicted molar refractivity (Wildman–Crippen MR) is 119 cm³/mol. The number of rotatable bonds is 5. The van der Waals surface area contributed by atoms with Crippen LogP contribution in [0.2, 0.25) is 0 Å². The summed E-state index contributed by atoms with van der Waals surface area (Å²) >= 11 is 0. The van der Waals surface area contributed by atoms with E-state index in [2.05, 4.69) is 29.6 Å². The van der Waals surface area contributed by atoms with Gasteiger partial charge in [-0.3, -0.25) is 0 Å². The molecular weight excluding hydrogens is 374 g/mol. The number of benzene rings is 3. The van der Waals surface area contributed by atoms with Crippen LogP contribution in [0.3, 0.4) is 0 Å². The van der Waals surface area contributed by atoms with E-state index in [1.165, 1.54) is 27.8 Å². The summed E-state index contributed by atoms with van der Waals surface area (Å²) in [5.41, 5.74) is 6.94. The highest BCUT2D eigenvalue weighted by Gasteiger charge is 2.32. The van der Waals surface area contributed by atoms with Crippen LogP contribution in [0.4, 0.5) is 4.79 Å². The molecule has 0 aliphatic heterocycles. The number of aryl methyl sites for hydroxylation is 2. The van der Waals surface area contributed by atoms with Crippen LogP contribution >= 0.6 is 0 Å². The molecule has 0 spiro atoms. The third-order valence-electron chi connectivity index (χ3n) is 6.18. The largest absolute Gasteiger partial charge is 0.449 e. The molecule has 4 nitrogen and oxygen atoms in total. The average molecular weight is 402 g/mol. The van der Waals surface area contributed by atoms with Crippen molar-refractivity contribution >= 4 is 6.09 Å². The summed E-state index contributed by atoms with van der Waals surface area (Å²) in [6, 6.07) is 22.4. The van der Waals surface area contributed by atoms with Crippen LogP contribution in [0.1, 0.15) is 40.7 Å². The molecule has 1 unspecified atom stereocenters. The van der Waals surface area contributed by atoms with Crippen LogP contribution in [0.25, 0.3) is 11.1 Å². The van der Waals surface area contributed by atoms with E-state index in [4.69, 9.17) is 4.74 Å². The van der Waals surface area contributed by atoms with Crippen molar-refractivity contribution in [2.75, 3.05) is 13.2 Å². The Morgan fingerprint density at radius 1 is 0.967 bits per heavy atom. The van der Waals surface area contributed by atoms with E-state index in [9.17, 15) is 9.90 Å². The van der Waals surface area contributed by atoms with Gasteiger partial charge in [0.2, 0.25) is 0 Å². The minimum atomic E-state index is -0.916. The molecule has 3 aromatic carbocycles. The van der Waals surface area contributed by atoms with Crippen molar-refractivity contribution in [2.24, 2.45) is 0 Å². The van der Waals surface area contributed by atoms with Gasteiger partial charge in [-0.25, -0.2) is 4.79 Å². The molecule has 0 bridgehead atoms. The van der Waals surface area contributed by atoms with Crippen LogP contribution in [0, 0.1) is 13.8 Å². The Morgan fingerprint density at radius 3 is 2.13 bits per heavy atom. The monoisotopic (exact) mass is 401 g/mol. The highest BCUT2D eigenvalue weighted by atomic mass is 16.5. The van der Waals surface area contributed by atoms with Gasteiger partial charge in [0.15, 0.2) is 0 Å². The number of carbonyl (C=O) groups excluding carboxylic acids is 1. The van der Waals surface area contributed by atoms with E-state index in [-0.39, 0.29) is 19.1 Å². The maximum absolute atomic E-state index is 12.7. The molecule has 30 heavy (non-hydrogen) atoms. The summed E-state index contributed by atoms with van der Waals surface area (Å²) in [7, 11) is 0. The molecule has 0 heterocycles. The Hall–Kier alpha value is -3.11. The molecule has 0 saturated heterocycles. The van der Waals surface area contributed by atoms with Gasteiger partial charge >= 0.3 is 6.09 Å². The minimum absolute atomic E-state index is 0.00477. The number of hydrogen-bond donors (Lipinski definition) is 2. The van der Waals surface area contributed by atoms with Gasteiger partial charge in [-0.1, -0.05) is 66.7 Å². The number of ether oxygens (including phenoxy) is 1. The molecule has 1 atom stereocenters. The van der Waals surface area contributed by atoms with E-state index in [0.717, 1.165) is 11.1 Å². The van der Waals surface area contributed by atoms with Gasteiger partial charge < -0.3 is 15.2 Å². The Kier molecular flexibility index (Phi) is 5.35. The number of aliphatic hydroxyl groups excluding tert-OH is 1. The second-order valence-corrected chi connectivity index (χ2v) is 8.24. The summed E-state index contributed by atoms with van der Waals surface area (Å²) in [6.45, 7) is 5.88. The lowest BCUT2D eigenvalue weighted by Crippen LogP contribution is -2.46. The third-order valence-corrected chi connectivity index (χ3v) is 6.18. The van der Waals surface area contributed by atoms with Crippen molar-refractivity contribution < 1.29 is 14.6 Å². The topological polar surface area (TPSA) is 58.6 Å². The first-order valence-corrected chi connectivity index (χ1v) is 10.2. The van der Waals surface area contributed by atoms with Gasteiger partial charge in [0.25, 0.3) is 0 Å². The number of hydrogen-bond acceptors (Lipinski definition) is 3. The Bertz CT molecular complexity index is 1050. The molecule has 0 aromatic heterocycles. The summed E-state index contributed by atoms with van der Waals surface area (Å²) in [4.78, 5) is 12.7. The fourth-order valence-corrected chi connectivity index (χ4v) is 4.15. The molecule has 0 radical (unpaired) electrons. The Balaban J connectivity index is 1.50. The fourth-order valence-electron chi connectivity index (χ4n) is 4.15. The van der Waals surface area contributed by atoms with Gasteiger partial charge in [0, 0.05) is 5.92 Å². The maximum Gasteiger partial charge on any atom is 0.407 e. The van der Waals surface area contributed by atoms with E-state index in [1.54, 1.807) is 6.92 Å². The second-order valence-electron chi connectivity index (χ2n) is 8.24. The number of carbonyl (C=O) groups is 1. The Labute approximate surface area is 177 Å². The first-order chi connectivity index (χ1) is 14.4. The van der Waals surface area contributed by atoms with Crippen molar-refractivity contribution in [2.45, 2.75) is 32.2 Å². The molecule has 1 amide bonds. The molecule has 1 aliphatic rings. The van der Waals surface area contributed by atoms with Gasteiger partial charge in [0.1, 0.15) is 6.61 Å². The van der Waals surface area contributed by atoms with E-state index < -0.39 is 11.6 Å². The number of fused-ring (bicyclic) bond motifs is 3. The van der Waals surface area contributed by atoms with Crippen molar-refractivity contribution in [3.8, 4) is 11.1 Å². The zero-order chi connectivity index (χ0) is 21.3. The van der Waals surface area contributed by atoms with Crippen molar-refractivity contribution in [3.63, 3.8) is 0 Å². The number of aliphatic hydroxyl groups is 1. The van der Waals surface area contributed by atoms with E-state index >= 15 is 0 Å². The third kappa shape index (κ3) is 3.59. The molecular formula is C26H27NO3. The summed E-state index contributed by atoms with van der Waals surface area (Å²) in [5.74, 6) is 0.00477. The van der Waals surface area contributed by atoms with Crippen molar-refractivity contribution in [1.29, 1.82) is 0 Å². The number of nitrogens with one attached hydrogen (secondary N) is 1. The summed E-state index contributed by atoms with van der Waals surface area (Å²) in [5, 5.41) is 12.9. The zero-order valence-corrected chi connectivity index (χ0v) is 17.6. The molecule has 2 N–H and O–H groups in total. The standard InChI is InChI=1S/C26H27NO3/c1-17-12-13-19(14-18(17)2)26(3,16-28)27-25(29)30-15-24-22-10-6-4-8-20(22)21-9-5-7-11-23(21)24/h4-14,24,28H,15-16H2,1-3H3,(H,27,29). The van der Waals surface area contributed by atoms with Crippen LogP contribution in [-0.4, -0.2) is 24.4 Å². The van der Waals surface area contributed by atoms with Gasteiger partial charge in [-0.15, -0.1) is 0 Å². The quantitative estimate of drug-likeness (QED) is 0.629. The molecule has 0 saturated carbocycles. The lowest BCUT2D eigenvalue weighted by molar-refractivity contribution is 0.114. The van der Waals surface area contributed by atoms with Crippen LogP contribution in [0.15, 0.2) is 66.7 Å². The first-order valence-electron chi connectivity index (χ1n) is 10.2. The molecule has 154 valence electrons. The van der Waals surface area contributed by atoms with Gasteiger partial charge in [-0.05, 0) is 59.7 Å². The van der Waals surface area contributed by atoms with Crippen molar-refractivity contribution in [1.82, 2.24) is 5.32 Å². The fraction of sp³-hybridized carbons (Fsp3) is 0.269. The summed E-state index contributed by atoms with van der Waals surface area (Å²) < 4.78 is 5.65. The average Bonchev–Trinajstić information content (AvgIpc) is 3.08. The zero-order valence-electron chi connectivity index (χ0n) is 17.6. The highest BCUT2D eigenvalue weighted by molar-refractivity contribution is 5.79. The normalized spacial score (nSPS) is 14.5. The molecule has 3 aromatic rings. The SMILES string of the molecule is Cc1ccc(C(C)(CO)NC(=O)OCC2c3ccccc3-c3ccccc32)cc1C.